The smallest absolute Gasteiger partial charge is 0.148 e. The van der Waals surface area contributed by atoms with Crippen LogP contribution < -0.4 is 4.90 Å². The van der Waals surface area contributed by atoms with Crippen LogP contribution in [-0.2, 0) is 4.74 Å². The molecule has 1 unspecified atom stereocenters. The van der Waals surface area contributed by atoms with E-state index >= 15 is 0 Å². The molecule has 1 saturated heterocycles. The summed E-state index contributed by atoms with van der Waals surface area (Å²) in [4.78, 5) is 15.7. The van der Waals surface area contributed by atoms with E-state index in [-0.39, 0.29) is 12.7 Å². The van der Waals surface area contributed by atoms with Crippen molar-refractivity contribution in [1.29, 1.82) is 0 Å². The Labute approximate surface area is 172 Å². The first-order chi connectivity index (χ1) is 13.7. The highest BCUT2D eigenvalue weighted by Crippen LogP contribution is 2.34. The van der Waals surface area contributed by atoms with Gasteiger partial charge in [-0.2, -0.15) is 0 Å². The number of hydrogen-bond acceptors (Lipinski definition) is 6. The highest BCUT2D eigenvalue weighted by molar-refractivity contribution is 6.33. The lowest BCUT2D eigenvalue weighted by Gasteiger charge is -2.33. The summed E-state index contributed by atoms with van der Waals surface area (Å²) >= 11 is 12.4. The van der Waals surface area contributed by atoms with Gasteiger partial charge >= 0.3 is 0 Å². The minimum absolute atomic E-state index is 0.0319. The first-order valence-electron chi connectivity index (χ1n) is 8.86. The number of ether oxygens (including phenoxy) is 1. The maximum atomic E-state index is 9.42. The van der Waals surface area contributed by atoms with E-state index in [0.717, 1.165) is 11.1 Å². The van der Waals surface area contributed by atoms with Gasteiger partial charge in [0.2, 0.25) is 0 Å². The van der Waals surface area contributed by atoms with Gasteiger partial charge in [-0.15, -0.1) is 0 Å². The van der Waals surface area contributed by atoms with Gasteiger partial charge in [0.1, 0.15) is 11.5 Å². The molecule has 4 rings (SSSR count). The number of anilines is 1. The molecule has 0 amide bonds. The van der Waals surface area contributed by atoms with Crippen LogP contribution in [0.15, 0.2) is 48.9 Å². The Balaban J connectivity index is 1.81. The van der Waals surface area contributed by atoms with Gasteiger partial charge in [-0.25, -0.2) is 4.98 Å². The number of hydrogen-bond donors (Lipinski definition) is 1. The molecule has 1 aliphatic heterocycles. The largest absolute Gasteiger partial charge is 0.394 e. The summed E-state index contributed by atoms with van der Waals surface area (Å²) in [6.45, 7) is 1.72. The molecule has 1 N–H and O–H groups in total. The molecule has 0 saturated carbocycles. The normalized spacial score (nSPS) is 17.0. The molecule has 1 fully saturated rings. The van der Waals surface area contributed by atoms with E-state index in [4.69, 9.17) is 37.9 Å². The van der Waals surface area contributed by atoms with E-state index in [0.29, 0.717) is 46.9 Å². The van der Waals surface area contributed by atoms with Crippen LogP contribution in [-0.4, -0.2) is 52.5 Å². The van der Waals surface area contributed by atoms with Crippen LogP contribution in [0.2, 0.25) is 10.0 Å². The second-order valence-electron chi connectivity index (χ2n) is 6.41. The predicted molar refractivity (Wildman–Crippen MR) is 110 cm³/mol. The minimum Gasteiger partial charge on any atom is -0.394 e. The van der Waals surface area contributed by atoms with Gasteiger partial charge in [-0.3, -0.25) is 9.97 Å². The van der Waals surface area contributed by atoms with Crippen molar-refractivity contribution in [3.63, 3.8) is 0 Å². The molecule has 0 radical (unpaired) electrons. The number of aliphatic hydroxyl groups is 1. The average Bonchev–Trinajstić information content (AvgIpc) is 2.74. The molecule has 3 heterocycles. The van der Waals surface area contributed by atoms with Gasteiger partial charge in [0, 0.05) is 41.6 Å². The molecule has 1 atom stereocenters. The second-order valence-corrected chi connectivity index (χ2v) is 7.25. The molecular weight excluding hydrogens is 399 g/mol. The number of nitrogens with zero attached hydrogens (tertiary/aromatic N) is 4. The zero-order valence-corrected chi connectivity index (χ0v) is 16.4. The third-order valence-electron chi connectivity index (χ3n) is 4.57. The number of rotatable bonds is 4. The van der Waals surface area contributed by atoms with Crippen LogP contribution in [0.4, 0.5) is 5.82 Å². The first kappa shape index (κ1) is 19.1. The van der Waals surface area contributed by atoms with Crippen molar-refractivity contribution in [3.05, 3.63) is 59.0 Å². The predicted octanol–water partition coefficient (Wildman–Crippen LogP) is 3.71. The Kier molecular flexibility index (Phi) is 5.73. The quantitative estimate of drug-likeness (QED) is 0.698. The fourth-order valence-corrected chi connectivity index (χ4v) is 3.48. The second kappa shape index (κ2) is 8.41. The van der Waals surface area contributed by atoms with Crippen molar-refractivity contribution >= 4 is 29.0 Å². The summed E-state index contributed by atoms with van der Waals surface area (Å²) in [5, 5.41) is 10.6. The van der Waals surface area contributed by atoms with E-state index in [1.165, 1.54) is 0 Å². The Morgan fingerprint density at radius 2 is 1.93 bits per heavy atom. The Hall–Kier alpha value is -2.25. The maximum Gasteiger partial charge on any atom is 0.148 e. The zero-order valence-electron chi connectivity index (χ0n) is 14.9. The molecule has 1 aromatic carbocycles. The van der Waals surface area contributed by atoms with E-state index < -0.39 is 0 Å². The summed E-state index contributed by atoms with van der Waals surface area (Å²) in [7, 11) is 0. The number of aromatic nitrogens is 3. The molecule has 3 aromatic rings. The van der Waals surface area contributed by atoms with Gasteiger partial charge in [-0.05, 0) is 18.2 Å². The summed E-state index contributed by atoms with van der Waals surface area (Å²) in [6.07, 6.45) is 4.77. The van der Waals surface area contributed by atoms with E-state index in [2.05, 4.69) is 9.88 Å². The fourth-order valence-electron chi connectivity index (χ4n) is 3.14. The summed E-state index contributed by atoms with van der Waals surface area (Å²) < 4.78 is 5.54. The number of aliphatic hydroxyl groups excluding tert-OH is 1. The molecule has 1 aliphatic rings. The molecule has 0 aliphatic carbocycles. The third kappa shape index (κ3) is 3.95. The van der Waals surface area contributed by atoms with Crippen molar-refractivity contribution in [3.8, 4) is 22.5 Å². The SMILES string of the molecule is OCC1CN(c2cnc(-c3ccc(Cl)cc3)c(-c3ccncc3Cl)n2)CCO1. The topological polar surface area (TPSA) is 71.4 Å². The fraction of sp³-hybridized carbons (Fsp3) is 0.250. The number of benzene rings is 1. The molecule has 0 spiro atoms. The van der Waals surface area contributed by atoms with E-state index in [1.807, 2.05) is 30.3 Å². The van der Waals surface area contributed by atoms with Gasteiger partial charge < -0.3 is 14.7 Å². The molecule has 8 heteroatoms. The first-order valence-corrected chi connectivity index (χ1v) is 9.61. The zero-order chi connectivity index (χ0) is 19.5. The van der Waals surface area contributed by atoms with Gasteiger partial charge in [0.25, 0.3) is 0 Å². The number of morpholine rings is 1. The number of halogens is 2. The molecule has 28 heavy (non-hydrogen) atoms. The lowest BCUT2D eigenvalue weighted by Crippen LogP contribution is -2.44. The molecule has 144 valence electrons. The highest BCUT2D eigenvalue weighted by atomic mass is 35.5. The van der Waals surface area contributed by atoms with Crippen molar-refractivity contribution in [1.82, 2.24) is 15.0 Å². The van der Waals surface area contributed by atoms with Crippen LogP contribution >= 0.6 is 23.2 Å². The van der Waals surface area contributed by atoms with Crippen molar-refractivity contribution in [2.24, 2.45) is 0 Å². The molecule has 6 nitrogen and oxygen atoms in total. The van der Waals surface area contributed by atoms with E-state index in [1.54, 1.807) is 18.6 Å². The van der Waals surface area contributed by atoms with Crippen molar-refractivity contribution in [2.45, 2.75) is 6.10 Å². The monoisotopic (exact) mass is 416 g/mol. The maximum absolute atomic E-state index is 9.42. The Bertz CT molecular complexity index is 969. The lowest BCUT2D eigenvalue weighted by atomic mass is 10.0. The van der Waals surface area contributed by atoms with Gasteiger partial charge in [0.05, 0.1) is 36.2 Å². The summed E-state index contributed by atoms with van der Waals surface area (Å²) in [5.41, 5.74) is 3.02. The lowest BCUT2D eigenvalue weighted by molar-refractivity contribution is 0.00335. The van der Waals surface area contributed by atoms with Crippen LogP contribution in [0.25, 0.3) is 22.5 Å². The molecule has 0 bridgehead atoms. The van der Waals surface area contributed by atoms with Crippen molar-refractivity contribution in [2.75, 3.05) is 31.2 Å². The molecule has 2 aromatic heterocycles. The van der Waals surface area contributed by atoms with Gasteiger partial charge in [0.15, 0.2) is 0 Å². The third-order valence-corrected chi connectivity index (χ3v) is 5.12. The number of pyridine rings is 1. The molecular formula is C20H18Cl2N4O2. The van der Waals surface area contributed by atoms with Crippen LogP contribution in [0.1, 0.15) is 0 Å². The van der Waals surface area contributed by atoms with Crippen LogP contribution in [0.3, 0.4) is 0 Å². The summed E-state index contributed by atoms with van der Waals surface area (Å²) in [5.74, 6) is 0.711. The summed E-state index contributed by atoms with van der Waals surface area (Å²) in [6, 6.07) is 9.27. The van der Waals surface area contributed by atoms with Crippen LogP contribution in [0.5, 0.6) is 0 Å². The Morgan fingerprint density at radius 1 is 1.11 bits per heavy atom. The van der Waals surface area contributed by atoms with E-state index in [9.17, 15) is 5.11 Å². The van der Waals surface area contributed by atoms with Crippen LogP contribution in [0, 0.1) is 0 Å². The Morgan fingerprint density at radius 3 is 2.68 bits per heavy atom. The standard InChI is InChI=1S/C20H18Cl2N4O2/c21-14-3-1-13(2-4-14)19-20(16-5-6-23-9-17(16)22)25-18(10-24-19)26-7-8-28-15(11-26)12-27/h1-6,9-10,15,27H,7-8,11-12H2. The van der Waals surface area contributed by atoms with Gasteiger partial charge in [-0.1, -0.05) is 35.3 Å². The minimum atomic E-state index is -0.237. The average molecular weight is 417 g/mol. The highest BCUT2D eigenvalue weighted by Gasteiger charge is 2.23. The van der Waals surface area contributed by atoms with Crippen molar-refractivity contribution < 1.29 is 9.84 Å².